The first kappa shape index (κ1) is 20.9. The van der Waals surface area contributed by atoms with Crippen molar-refractivity contribution in [3.8, 4) is 5.69 Å². The van der Waals surface area contributed by atoms with Gasteiger partial charge in [0, 0.05) is 25.0 Å². The van der Waals surface area contributed by atoms with Crippen molar-refractivity contribution in [3.63, 3.8) is 0 Å². The zero-order chi connectivity index (χ0) is 21.1. The number of sulfonamides is 1. The highest BCUT2D eigenvalue weighted by molar-refractivity contribution is 7.89. The van der Waals surface area contributed by atoms with Crippen LogP contribution in [0.3, 0.4) is 0 Å². The molecular formula is C20H28N6O3S. The fourth-order valence-electron chi connectivity index (χ4n) is 4.39. The molecule has 10 heteroatoms. The second-order valence-corrected chi connectivity index (χ2v) is 10.2. The van der Waals surface area contributed by atoms with Gasteiger partial charge in [-0.05, 0) is 66.3 Å². The largest absolute Gasteiger partial charge is 0.353 e. The highest BCUT2D eigenvalue weighted by atomic mass is 32.2. The zero-order valence-electron chi connectivity index (χ0n) is 17.1. The molecule has 1 aromatic heterocycles. The van der Waals surface area contributed by atoms with E-state index in [4.69, 9.17) is 0 Å². The van der Waals surface area contributed by atoms with Crippen LogP contribution in [0.2, 0.25) is 0 Å². The standard InChI is InChI=1S/C20H28N6O3S/c1-15-4-2-3-5-19(15)22-20(27)16-10-12-25(13-11-16)30(28,29)18-8-6-17(7-9-18)26-14-21-23-24-26/h6-9,14-16,19H,2-5,10-13H2,1H3,(H,22,27)/t15-,19-/m0/s1. The van der Waals surface area contributed by atoms with Crippen LogP contribution < -0.4 is 5.32 Å². The van der Waals surface area contributed by atoms with Gasteiger partial charge in [0.1, 0.15) is 6.33 Å². The van der Waals surface area contributed by atoms with Gasteiger partial charge in [-0.25, -0.2) is 13.1 Å². The van der Waals surface area contributed by atoms with E-state index < -0.39 is 10.0 Å². The molecule has 1 aromatic carbocycles. The quantitative estimate of drug-likeness (QED) is 0.771. The lowest BCUT2D eigenvalue weighted by Crippen LogP contribution is -2.47. The van der Waals surface area contributed by atoms with E-state index in [2.05, 4.69) is 27.8 Å². The molecule has 0 radical (unpaired) electrons. The smallest absolute Gasteiger partial charge is 0.243 e. The monoisotopic (exact) mass is 432 g/mol. The molecule has 1 aliphatic carbocycles. The number of piperidine rings is 1. The molecule has 2 aromatic rings. The SMILES string of the molecule is C[C@H]1CCCC[C@@H]1NC(=O)C1CCN(S(=O)(=O)c2ccc(-n3cnnn3)cc2)CC1. The van der Waals surface area contributed by atoms with Crippen LogP contribution in [0.25, 0.3) is 5.69 Å². The van der Waals surface area contributed by atoms with Crippen molar-refractivity contribution in [3.05, 3.63) is 30.6 Å². The number of rotatable bonds is 5. The van der Waals surface area contributed by atoms with Crippen LogP contribution in [-0.4, -0.2) is 58.0 Å². The molecule has 30 heavy (non-hydrogen) atoms. The van der Waals surface area contributed by atoms with E-state index in [1.165, 1.54) is 21.7 Å². The van der Waals surface area contributed by atoms with Crippen LogP contribution in [0, 0.1) is 11.8 Å². The second-order valence-electron chi connectivity index (χ2n) is 8.30. The number of benzene rings is 1. The maximum Gasteiger partial charge on any atom is 0.243 e. The third-order valence-corrected chi connectivity index (χ3v) is 8.26. The van der Waals surface area contributed by atoms with Gasteiger partial charge in [0.2, 0.25) is 15.9 Å². The lowest BCUT2D eigenvalue weighted by atomic mass is 9.85. The molecule has 4 rings (SSSR count). The number of amides is 1. The van der Waals surface area contributed by atoms with Crippen molar-refractivity contribution >= 4 is 15.9 Å². The lowest BCUT2D eigenvalue weighted by molar-refractivity contribution is -0.127. The van der Waals surface area contributed by atoms with Crippen molar-refractivity contribution in [2.75, 3.05) is 13.1 Å². The number of carbonyl (C=O) groups is 1. The topological polar surface area (TPSA) is 110 Å². The molecule has 1 aliphatic heterocycles. The van der Waals surface area contributed by atoms with Gasteiger partial charge in [0.05, 0.1) is 10.6 Å². The molecular weight excluding hydrogens is 404 g/mol. The minimum absolute atomic E-state index is 0.0802. The molecule has 2 atom stereocenters. The van der Waals surface area contributed by atoms with Crippen LogP contribution in [0.15, 0.2) is 35.5 Å². The minimum atomic E-state index is -3.59. The highest BCUT2D eigenvalue weighted by Gasteiger charge is 2.33. The van der Waals surface area contributed by atoms with E-state index in [1.807, 2.05) is 0 Å². The number of hydrogen-bond acceptors (Lipinski definition) is 6. The van der Waals surface area contributed by atoms with Crippen LogP contribution in [-0.2, 0) is 14.8 Å². The van der Waals surface area contributed by atoms with Crippen molar-refractivity contribution in [1.82, 2.24) is 29.8 Å². The summed E-state index contributed by atoms with van der Waals surface area (Å²) in [6.07, 6.45) is 7.16. The molecule has 2 heterocycles. The van der Waals surface area contributed by atoms with Crippen LogP contribution in [0.1, 0.15) is 45.4 Å². The summed E-state index contributed by atoms with van der Waals surface area (Å²) in [7, 11) is -3.59. The molecule has 0 bridgehead atoms. The number of tetrazole rings is 1. The molecule has 0 unspecified atom stereocenters. The molecule has 2 fully saturated rings. The van der Waals surface area contributed by atoms with E-state index in [0.29, 0.717) is 37.5 Å². The fraction of sp³-hybridized carbons (Fsp3) is 0.600. The Balaban J connectivity index is 1.35. The van der Waals surface area contributed by atoms with Gasteiger partial charge in [-0.3, -0.25) is 4.79 Å². The second kappa shape index (κ2) is 8.81. The number of nitrogens with one attached hydrogen (secondary N) is 1. The molecule has 1 saturated heterocycles. The summed E-state index contributed by atoms with van der Waals surface area (Å²) < 4.78 is 28.9. The first-order chi connectivity index (χ1) is 14.4. The van der Waals surface area contributed by atoms with Gasteiger partial charge < -0.3 is 5.32 Å². The van der Waals surface area contributed by atoms with Crippen molar-refractivity contribution in [2.45, 2.75) is 56.4 Å². The maximum atomic E-state index is 13.0. The number of aromatic nitrogens is 4. The summed E-state index contributed by atoms with van der Waals surface area (Å²) >= 11 is 0. The summed E-state index contributed by atoms with van der Waals surface area (Å²) in [5.74, 6) is 0.476. The van der Waals surface area contributed by atoms with Gasteiger partial charge in [0.25, 0.3) is 0 Å². The summed E-state index contributed by atoms with van der Waals surface area (Å²) in [5.41, 5.74) is 0.686. The molecule has 1 saturated carbocycles. The van der Waals surface area contributed by atoms with E-state index >= 15 is 0 Å². The normalized spacial score (nSPS) is 23.9. The van der Waals surface area contributed by atoms with Crippen molar-refractivity contribution in [1.29, 1.82) is 0 Å². The Kier molecular flexibility index (Phi) is 6.14. The molecule has 9 nitrogen and oxygen atoms in total. The first-order valence-corrected chi connectivity index (χ1v) is 12.0. The Bertz CT molecular complexity index is 953. The summed E-state index contributed by atoms with van der Waals surface area (Å²) in [5, 5.41) is 14.2. The summed E-state index contributed by atoms with van der Waals surface area (Å²) in [4.78, 5) is 12.9. The highest BCUT2D eigenvalue weighted by Crippen LogP contribution is 2.27. The van der Waals surface area contributed by atoms with Crippen molar-refractivity contribution in [2.24, 2.45) is 11.8 Å². The number of hydrogen-bond donors (Lipinski definition) is 1. The Morgan fingerprint density at radius 1 is 1.07 bits per heavy atom. The summed E-state index contributed by atoms with van der Waals surface area (Å²) in [6, 6.07) is 6.74. The third kappa shape index (κ3) is 4.39. The third-order valence-electron chi connectivity index (χ3n) is 6.35. The fourth-order valence-corrected chi connectivity index (χ4v) is 5.86. The van der Waals surface area contributed by atoms with Gasteiger partial charge in [-0.1, -0.05) is 19.8 Å². The minimum Gasteiger partial charge on any atom is -0.353 e. The molecule has 1 N–H and O–H groups in total. The molecule has 0 spiro atoms. The maximum absolute atomic E-state index is 13.0. The van der Waals surface area contributed by atoms with Gasteiger partial charge in [-0.2, -0.15) is 4.31 Å². The molecule has 1 amide bonds. The predicted octanol–water partition coefficient (Wildman–Crippen LogP) is 1.76. The van der Waals surface area contributed by atoms with E-state index in [1.54, 1.807) is 24.3 Å². The molecule has 162 valence electrons. The zero-order valence-corrected chi connectivity index (χ0v) is 18.0. The van der Waals surface area contributed by atoms with Crippen LogP contribution in [0.5, 0.6) is 0 Å². The first-order valence-electron chi connectivity index (χ1n) is 10.6. The van der Waals surface area contributed by atoms with Crippen LogP contribution >= 0.6 is 0 Å². The Hall–Kier alpha value is -2.33. The molecule has 2 aliphatic rings. The number of carbonyl (C=O) groups excluding carboxylic acids is 1. The van der Waals surface area contributed by atoms with Gasteiger partial charge >= 0.3 is 0 Å². The van der Waals surface area contributed by atoms with Gasteiger partial charge in [0.15, 0.2) is 0 Å². The van der Waals surface area contributed by atoms with Crippen LogP contribution in [0.4, 0.5) is 0 Å². The predicted molar refractivity (Wildman–Crippen MR) is 110 cm³/mol. The Labute approximate surface area is 176 Å². The van der Waals surface area contributed by atoms with E-state index in [0.717, 1.165) is 19.3 Å². The van der Waals surface area contributed by atoms with Gasteiger partial charge in [-0.15, -0.1) is 5.10 Å². The average molecular weight is 433 g/mol. The summed E-state index contributed by atoms with van der Waals surface area (Å²) in [6.45, 7) is 2.91. The average Bonchev–Trinajstić information content (AvgIpc) is 3.30. The van der Waals surface area contributed by atoms with Crippen molar-refractivity contribution < 1.29 is 13.2 Å². The number of nitrogens with zero attached hydrogens (tertiary/aromatic N) is 5. The lowest BCUT2D eigenvalue weighted by Gasteiger charge is -2.34. The Morgan fingerprint density at radius 3 is 2.40 bits per heavy atom. The van der Waals surface area contributed by atoms with E-state index in [-0.39, 0.29) is 22.8 Å². The van der Waals surface area contributed by atoms with E-state index in [9.17, 15) is 13.2 Å². The Morgan fingerprint density at radius 2 is 1.77 bits per heavy atom.